The lowest BCUT2D eigenvalue weighted by Crippen LogP contribution is -2.60. The fourth-order valence-electron chi connectivity index (χ4n) is 6.81. The van der Waals surface area contributed by atoms with E-state index in [0.717, 1.165) is 0 Å². The van der Waals surface area contributed by atoms with Crippen LogP contribution in [0.25, 0.3) is 0 Å². The number of aromatic hydroxyl groups is 1. The Labute approximate surface area is 445 Å². The van der Waals surface area contributed by atoms with Gasteiger partial charge in [-0.2, -0.15) is 36.2 Å². The number of phenolic OH excluding ortho intramolecular Hbond substituents is 1. The molecule has 1 rings (SSSR count). The van der Waals surface area contributed by atoms with Crippen LogP contribution in [0.2, 0.25) is 0 Å². The number of carboxylic acids is 2. The maximum Gasteiger partial charge on any atom is 0.325 e. The van der Waals surface area contributed by atoms with Crippen LogP contribution in [-0.4, -0.2) is 171 Å². The fraction of sp³-hybridized carbons (Fsp3) is 0.638. The lowest BCUT2D eigenvalue weighted by atomic mass is 10.00. The highest BCUT2D eigenvalue weighted by molar-refractivity contribution is 7.98. The van der Waals surface area contributed by atoms with Crippen LogP contribution < -0.4 is 53.6 Å². The average molecular weight is 1100 g/mol. The molecule has 0 saturated heterocycles. The number of hydrogen-bond donors (Lipinski definition) is 14. The first-order chi connectivity index (χ1) is 34.7. The largest absolute Gasteiger partial charge is 0.508 e. The van der Waals surface area contributed by atoms with Crippen LogP contribution in [-0.2, 0) is 59.2 Å². The average Bonchev–Trinajstić information content (AvgIpc) is 3.32. The van der Waals surface area contributed by atoms with Crippen molar-refractivity contribution in [3.05, 3.63) is 29.8 Å². The second kappa shape index (κ2) is 34.6. The molecule has 0 bridgehead atoms. The first-order valence-electron chi connectivity index (χ1n) is 24.0. The van der Waals surface area contributed by atoms with Gasteiger partial charge in [0.05, 0.1) is 12.6 Å². The lowest BCUT2D eigenvalue weighted by Gasteiger charge is -2.28. The van der Waals surface area contributed by atoms with E-state index in [9.17, 15) is 68.1 Å². The van der Waals surface area contributed by atoms with Crippen molar-refractivity contribution in [3.8, 4) is 5.75 Å². The van der Waals surface area contributed by atoms with Crippen molar-refractivity contribution in [1.29, 1.82) is 0 Å². The Hall–Kier alpha value is -5.80. The Balaban J connectivity index is 3.44. The van der Waals surface area contributed by atoms with Crippen LogP contribution in [0, 0.1) is 11.8 Å². The van der Waals surface area contributed by atoms with Gasteiger partial charge in [-0.3, -0.25) is 52.7 Å². The van der Waals surface area contributed by atoms with Crippen molar-refractivity contribution in [2.24, 2.45) is 17.6 Å². The zero-order valence-electron chi connectivity index (χ0n) is 43.1. The van der Waals surface area contributed by atoms with Gasteiger partial charge in [0, 0.05) is 18.6 Å². The van der Waals surface area contributed by atoms with Crippen LogP contribution in [0.1, 0.15) is 85.6 Å². The van der Waals surface area contributed by atoms with Crippen LogP contribution in [0.5, 0.6) is 5.75 Å². The number of thiol groups is 1. The van der Waals surface area contributed by atoms with Gasteiger partial charge in [-0.25, -0.2) is 0 Å². The minimum Gasteiger partial charge on any atom is -0.508 e. The summed E-state index contributed by atoms with van der Waals surface area (Å²) in [7, 11) is 0. The van der Waals surface area contributed by atoms with Crippen LogP contribution >= 0.6 is 36.2 Å². The smallest absolute Gasteiger partial charge is 0.325 e. The van der Waals surface area contributed by atoms with Gasteiger partial charge in [-0.15, -0.1) is 0 Å². The number of thioether (sulfide) groups is 2. The van der Waals surface area contributed by atoms with Gasteiger partial charge in [-0.1, -0.05) is 39.8 Å². The lowest BCUT2D eigenvalue weighted by molar-refractivity contribution is -0.142. The highest BCUT2D eigenvalue weighted by Crippen LogP contribution is 2.14. The van der Waals surface area contributed by atoms with Crippen molar-refractivity contribution in [2.45, 2.75) is 141 Å². The zero-order chi connectivity index (χ0) is 56.2. The second-order valence-electron chi connectivity index (χ2n) is 18.4. The molecule has 0 aliphatic heterocycles. The first kappa shape index (κ1) is 66.2. The number of amides is 9. The highest BCUT2D eigenvalue weighted by atomic mass is 32.2. The summed E-state index contributed by atoms with van der Waals surface area (Å²) >= 11 is 6.92. The Kier molecular flexibility index (Phi) is 31.0. The number of hydrogen-bond acceptors (Lipinski definition) is 16. The molecule has 9 atom stereocenters. The van der Waals surface area contributed by atoms with E-state index in [2.05, 4.69) is 60.5 Å². The van der Waals surface area contributed by atoms with E-state index in [1.807, 2.05) is 0 Å². The molecular formula is C47H76N10O14S3. The number of rotatable bonds is 35. The molecule has 0 radical (unpaired) electrons. The van der Waals surface area contributed by atoms with Crippen molar-refractivity contribution in [1.82, 2.24) is 47.9 Å². The summed E-state index contributed by atoms with van der Waals surface area (Å²) in [5.41, 5.74) is 6.10. The monoisotopic (exact) mass is 1100 g/mol. The summed E-state index contributed by atoms with van der Waals surface area (Å²) in [5, 5.41) is 51.4. The molecule has 0 unspecified atom stereocenters. The Bertz CT molecular complexity index is 2070. The molecule has 27 heteroatoms. The van der Waals surface area contributed by atoms with E-state index < -0.39 is 139 Å². The van der Waals surface area contributed by atoms with E-state index in [0.29, 0.717) is 17.1 Å². The molecule has 1 aromatic carbocycles. The quantitative estimate of drug-likeness (QED) is 0.0354. The van der Waals surface area contributed by atoms with E-state index in [-0.39, 0.29) is 55.4 Å². The van der Waals surface area contributed by atoms with Gasteiger partial charge < -0.3 is 68.9 Å². The Morgan fingerprint density at radius 3 is 1.34 bits per heavy atom. The fourth-order valence-corrected chi connectivity index (χ4v) is 8.01. The molecule has 0 aliphatic rings. The molecule has 14 N–H and O–H groups in total. The molecular weight excluding hydrogens is 1020 g/mol. The summed E-state index contributed by atoms with van der Waals surface area (Å²) in [6.45, 7) is 9.22. The molecule has 74 heavy (non-hydrogen) atoms. The van der Waals surface area contributed by atoms with Crippen molar-refractivity contribution in [2.75, 3.05) is 36.3 Å². The van der Waals surface area contributed by atoms with Crippen LogP contribution in [0.3, 0.4) is 0 Å². The van der Waals surface area contributed by atoms with Gasteiger partial charge in [0.15, 0.2) is 0 Å². The molecule has 416 valence electrons. The molecule has 9 amide bonds. The number of nitrogens with two attached hydrogens (primary N) is 1. The number of aliphatic carboxylic acids is 2. The molecule has 24 nitrogen and oxygen atoms in total. The molecule has 1 aromatic rings. The van der Waals surface area contributed by atoms with Crippen molar-refractivity contribution >= 4 is 101 Å². The summed E-state index contributed by atoms with van der Waals surface area (Å²) in [5.74, 6) is -9.91. The summed E-state index contributed by atoms with van der Waals surface area (Å²) < 4.78 is 0. The van der Waals surface area contributed by atoms with Crippen molar-refractivity contribution in [3.63, 3.8) is 0 Å². The number of nitrogens with one attached hydrogen (secondary N) is 9. The topological polar surface area (TPSA) is 383 Å². The number of carbonyl (C=O) groups is 11. The minimum atomic E-state index is -1.57. The second-order valence-corrected chi connectivity index (χ2v) is 20.7. The number of carboxylic acid groups (broad SMARTS) is 2. The van der Waals surface area contributed by atoms with Crippen LogP contribution in [0.15, 0.2) is 24.3 Å². The highest BCUT2D eigenvalue weighted by Gasteiger charge is 2.35. The maximum absolute atomic E-state index is 14.1. The zero-order valence-corrected chi connectivity index (χ0v) is 45.6. The number of phenols is 1. The third kappa shape index (κ3) is 25.9. The Morgan fingerprint density at radius 1 is 0.541 bits per heavy atom. The molecule has 0 aromatic heterocycles. The SMILES string of the molecule is CSCC[C@H](NC(=O)[C@H](CS)NC(=O)[C@H](CC(C)C)NC(=O)[C@H](CCC(=O)O)NC(=O)[C@H](CCSC)NC(=O)[C@H](CC(C)C)NC(=O)[C@H](Cc1ccc(O)cc1)NC(=O)CNC(=O)[C@H](C)N)C(=O)N[C@@H](C)C(=O)O. The van der Waals surface area contributed by atoms with E-state index in [4.69, 9.17) is 5.73 Å². The summed E-state index contributed by atoms with van der Waals surface area (Å²) in [4.78, 5) is 145. The maximum atomic E-state index is 14.1. The third-order valence-corrected chi connectivity index (χ3v) is 12.5. The minimum absolute atomic E-state index is 0.00286. The number of benzene rings is 1. The van der Waals surface area contributed by atoms with Crippen LogP contribution in [0.4, 0.5) is 0 Å². The molecule has 0 saturated carbocycles. The van der Waals surface area contributed by atoms with Gasteiger partial charge >= 0.3 is 11.9 Å². The van der Waals surface area contributed by atoms with Gasteiger partial charge in [0.2, 0.25) is 53.2 Å². The molecule has 0 spiro atoms. The standard InChI is InChI=1S/C47H76N10O14S3/c1-24(2)19-33(56-45(68)35(21-28-9-11-29(58)12-10-28)51-37(59)22-49-39(62)26(5)48)43(66)53-32(16-18-74-8)42(65)52-30(13-14-38(60)61)41(64)55-34(20-25(3)4)44(67)57-36(23-72)46(69)54-31(15-17-73-7)40(63)50-27(6)47(70)71/h9-12,24-27,30-36,58,72H,13-23,48H2,1-8H3,(H,49,62)(H,50,63)(H,51,59)(H,52,65)(H,53,66)(H,54,69)(H,55,64)(H,56,68)(H,57,67)(H,60,61)(H,70,71)/t26-,27-,30-,31-,32-,33-,34-,35-,36-/m0/s1. The predicted molar refractivity (Wildman–Crippen MR) is 283 cm³/mol. The molecule has 0 fully saturated rings. The summed E-state index contributed by atoms with van der Waals surface area (Å²) in [6, 6.07) is -5.73. The van der Waals surface area contributed by atoms with E-state index >= 15 is 0 Å². The molecule has 0 heterocycles. The normalized spacial score (nSPS) is 14.8. The number of carbonyl (C=O) groups excluding carboxylic acids is 9. The van der Waals surface area contributed by atoms with Gasteiger partial charge in [-0.05, 0) is 99.5 Å². The van der Waals surface area contributed by atoms with Gasteiger partial charge in [0.1, 0.15) is 54.1 Å². The third-order valence-electron chi connectivity index (χ3n) is 10.9. The van der Waals surface area contributed by atoms with Gasteiger partial charge in [0.25, 0.3) is 0 Å². The summed E-state index contributed by atoms with van der Waals surface area (Å²) in [6.07, 6.45) is 2.53. The van der Waals surface area contributed by atoms with Crippen molar-refractivity contribution < 1.29 is 68.1 Å². The predicted octanol–water partition coefficient (Wildman–Crippen LogP) is -1.23. The van der Waals surface area contributed by atoms with E-state index in [1.54, 1.807) is 40.2 Å². The first-order valence-corrected chi connectivity index (χ1v) is 27.4. The van der Waals surface area contributed by atoms with E-state index in [1.165, 1.54) is 61.6 Å². The molecule has 0 aliphatic carbocycles. The Morgan fingerprint density at radius 2 is 0.932 bits per heavy atom.